The van der Waals surface area contributed by atoms with Crippen molar-refractivity contribution in [2.75, 3.05) is 12.8 Å². The quantitative estimate of drug-likeness (QED) is 0.446. The largest absolute Gasteiger partial charge is 0.378 e. The number of nitrogens with two attached hydrogens (primary N) is 1. The van der Waals surface area contributed by atoms with Crippen LogP contribution in [0.25, 0.3) is 5.82 Å². The Labute approximate surface area is 140 Å². The molecule has 3 heterocycles. The summed E-state index contributed by atoms with van der Waals surface area (Å²) in [6.07, 6.45) is 3.01. The van der Waals surface area contributed by atoms with Gasteiger partial charge in [0, 0.05) is 13.3 Å². The van der Waals surface area contributed by atoms with E-state index in [1.807, 2.05) is 0 Å². The molecule has 0 radical (unpaired) electrons. The van der Waals surface area contributed by atoms with Gasteiger partial charge in [-0.1, -0.05) is 11.3 Å². The van der Waals surface area contributed by atoms with Crippen molar-refractivity contribution in [1.82, 2.24) is 35.7 Å². The Hall–Kier alpha value is -3.67. The van der Waals surface area contributed by atoms with Gasteiger partial charge in [0.05, 0.1) is 18.5 Å². The Bertz CT molecular complexity index is 887. The summed E-state index contributed by atoms with van der Waals surface area (Å²) >= 11 is 0. The monoisotopic (exact) mass is 343 g/mol. The number of hydrazone groups is 1. The molecule has 12 nitrogen and oxygen atoms in total. The molecule has 3 aromatic heterocycles. The van der Waals surface area contributed by atoms with Gasteiger partial charge in [-0.2, -0.15) is 9.78 Å². The van der Waals surface area contributed by atoms with E-state index in [1.165, 1.54) is 18.0 Å². The third-order valence-electron chi connectivity index (χ3n) is 3.01. The van der Waals surface area contributed by atoms with Crippen LogP contribution in [0.2, 0.25) is 0 Å². The van der Waals surface area contributed by atoms with Gasteiger partial charge < -0.3 is 10.5 Å². The zero-order chi connectivity index (χ0) is 17.6. The summed E-state index contributed by atoms with van der Waals surface area (Å²) in [6, 6.07) is 5.31. The third-order valence-corrected chi connectivity index (χ3v) is 3.01. The van der Waals surface area contributed by atoms with Crippen molar-refractivity contribution in [3.8, 4) is 5.82 Å². The molecule has 0 atom stereocenters. The van der Waals surface area contributed by atoms with Crippen molar-refractivity contribution in [2.24, 2.45) is 5.10 Å². The summed E-state index contributed by atoms with van der Waals surface area (Å²) in [5, 5.41) is 18.6. The highest BCUT2D eigenvalue weighted by atomic mass is 16.6. The first-order chi connectivity index (χ1) is 12.2. The smallest absolute Gasteiger partial charge is 0.293 e. The van der Waals surface area contributed by atoms with Crippen molar-refractivity contribution in [3.05, 3.63) is 41.5 Å². The van der Waals surface area contributed by atoms with E-state index < -0.39 is 5.91 Å². The van der Waals surface area contributed by atoms with E-state index in [0.717, 1.165) is 0 Å². The topological polar surface area (TPSA) is 159 Å². The van der Waals surface area contributed by atoms with E-state index in [4.69, 9.17) is 10.5 Å². The number of nitrogens with one attached hydrogen (secondary N) is 1. The number of hydrogen-bond acceptors (Lipinski definition) is 10. The minimum atomic E-state index is -0.583. The van der Waals surface area contributed by atoms with Crippen LogP contribution in [0.15, 0.2) is 34.1 Å². The predicted octanol–water partition coefficient (Wildman–Crippen LogP) is -0.462. The lowest BCUT2D eigenvalue weighted by molar-refractivity contribution is 0.0944. The highest BCUT2D eigenvalue weighted by molar-refractivity contribution is 5.94. The molecule has 0 saturated carbocycles. The van der Waals surface area contributed by atoms with E-state index in [0.29, 0.717) is 11.4 Å². The first kappa shape index (κ1) is 16.2. The highest BCUT2D eigenvalue weighted by Crippen LogP contribution is 2.16. The third kappa shape index (κ3) is 3.48. The molecule has 0 saturated heterocycles. The highest BCUT2D eigenvalue weighted by Gasteiger charge is 2.23. The van der Waals surface area contributed by atoms with E-state index in [2.05, 4.69) is 40.8 Å². The zero-order valence-corrected chi connectivity index (χ0v) is 13.0. The van der Waals surface area contributed by atoms with Gasteiger partial charge in [0.1, 0.15) is 5.69 Å². The molecule has 3 rings (SSSR count). The Balaban J connectivity index is 1.82. The van der Waals surface area contributed by atoms with Gasteiger partial charge in [-0.15, -0.1) is 5.10 Å². The molecule has 0 spiro atoms. The summed E-state index contributed by atoms with van der Waals surface area (Å²) in [6.45, 7) is 0.0337. The number of aromatic nitrogens is 6. The molecule has 0 aromatic carbocycles. The Morgan fingerprint density at radius 2 is 2.36 bits per heavy atom. The molecular weight excluding hydrogens is 330 g/mol. The van der Waals surface area contributed by atoms with Crippen molar-refractivity contribution < 1.29 is 14.2 Å². The van der Waals surface area contributed by atoms with Crippen molar-refractivity contribution in [1.29, 1.82) is 0 Å². The van der Waals surface area contributed by atoms with Crippen molar-refractivity contribution >= 4 is 17.9 Å². The predicted molar refractivity (Wildman–Crippen MR) is 83.6 cm³/mol. The second-order valence-electron chi connectivity index (χ2n) is 4.66. The molecule has 1 amide bonds. The molecule has 0 unspecified atom stereocenters. The van der Waals surface area contributed by atoms with Crippen LogP contribution in [0.3, 0.4) is 0 Å². The van der Waals surface area contributed by atoms with Gasteiger partial charge in [-0.05, 0) is 22.4 Å². The maximum absolute atomic E-state index is 12.3. The Kier molecular flexibility index (Phi) is 4.71. The second-order valence-corrected chi connectivity index (χ2v) is 4.66. The summed E-state index contributed by atoms with van der Waals surface area (Å²) < 4.78 is 10.8. The number of pyridine rings is 1. The van der Waals surface area contributed by atoms with Crippen LogP contribution in [0.1, 0.15) is 21.9 Å². The van der Waals surface area contributed by atoms with Gasteiger partial charge in [0.2, 0.25) is 11.6 Å². The van der Waals surface area contributed by atoms with E-state index in [-0.39, 0.29) is 23.9 Å². The molecule has 0 fully saturated rings. The van der Waals surface area contributed by atoms with Crippen molar-refractivity contribution in [3.63, 3.8) is 0 Å². The molecule has 3 aromatic rings. The fourth-order valence-corrected chi connectivity index (χ4v) is 1.91. The lowest BCUT2D eigenvalue weighted by Crippen LogP contribution is -2.20. The normalized spacial score (nSPS) is 11.1. The molecule has 0 aliphatic carbocycles. The molecule has 12 heteroatoms. The first-order valence-corrected chi connectivity index (χ1v) is 6.97. The van der Waals surface area contributed by atoms with Crippen LogP contribution in [-0.2, 0) is 11.3 Å². The van der Waals surface area contributed by atoms with Crippen LogP contribution >= 0.6 is 0 Å². The summed E-state index contributed by atoms with van der Waals surface area (Å²) in [4.78, 5) is 16.3. The molecule has 0 aliphatic rings. The Morgan fingerprint density at radius 3 is 3.04 bits per heavy atom. The maximum Gasteiger partial charge on any atom is 0.293 e. The van der Waals surface area contributed by atoms with Crippen molar-refractivity contribution in [2.45, 2.75) is 6.61 Å². The molecule has 0 bridgehead atoms. The molecular formula is C13H13N9O3. The van der Waals surface area contributed by atoms with Gasteiger partial charge in [0.25, 0.3) is 5.91 Å². The number of carbonyl (C=O) groups is 1. The van der Waals surface area contributed by atoms with Crippen LogP contribution < -0.4 is 11.2 Å². The number of carbonyl (C=O) groups excluding carboxylic acids is 1. The second kappa shape index (κ2) is 7.27. The average molecular weight is 343 g/mol. The van der Waals surface area contributed by atoms with Gasteiger partial charge in [-0.25, -0.2) is 10.1 Å². The first-order valence-electron chi connectivity index (χ1n) is 6.97. The van der Waals surface area contributed by atoms with Crippen LogP contribution in [0, 0.1) is 0 Å². The number of nitrogen functional groups attached to an aromatic ring is 1. The maximum atomic E-state index is 12.3. The van der Waals surface area contributed by atoms with Crippen LogP contribution in [-0.4, -0.2) is 49.5 Å². The Morgan fingerprint density at radius 1 is 1.48 bits per heavy atom. The minimum absolute atomic E-state index is 0.00221. The number of methoxy groups -OCH3 is 1. The molecule has 128 valence electrons. The SMILES string of the molecule is COCc1c(C(=O)N/N=C/c2ccccn2)nnn1-c1nonc1N. The van der Waals surface area contributed by atoms with E-state index >= 15 is 0 Å². The van der Waals surface area contributed by atoms with Gasteiger partial charge in [-0.3, -0.25) is 9.78 Å². The number of hydrogen-bond donors (Lipinski definition) is 2. The number of amides is 1. The lowest BCUT2D eigenvalue weighted by Gasteiger charge is -2.03. The summed E-state index contributed by atoms with van der Waals surface area (Å²) in [7, 11) is 1.46. The minimum Gasteiger partial charge on any atom is -0.378 e. The zero-order valence-electron chi connectivity index (χ0n) is 13.0. The average Bonchev–Trinajstić information content (AvgIpc) is 3.22. The van der Waals surface area contributed by atoms with E-state index in [9.17, 15) is 4.79 Å². The number of rotatable bonds is 6. The molecule has 0 aliphatic heterocycles. The summed E-state index contributed by atoms with van der Waals surface area (Å²) in [5.41, 5.74) is 8.89. The van der Waals surface area contributed by atoms with Gasteiger partial charge in [0.15, 0.2) is 5.69 Å². The summed E-state index contributed by atoms with van der Waals surface area (Å²) in [5.74, 6) is -0.474. The molecule has 25 heavy (non-hydrogen) atoms. The lowest BCUT2D eigenvalue weighted by atomic mass is 10.3. The fraction of sp³-hybridized carbons (Fsp3) is 0.154. The van der Waals surface area contributed by atoms with Gasteiger partial charge >= 0.3 is 0 Å². The fourth-order valence-electron chi connectivity index (χ4n) is 1.91. The van der Waals surface area contributed by atoms with Crippen LogP contribution in [0.5, 0.6) is 0 Å². The standard InChI is InChI=1S/C13H13N9O3/c1-24-7-9-10(17-21-22(9)12-11(14)19-25-20-12)13(23)18-16-6-8-4-2-3-5-15-8/h2-6H,7H2,1H3,(H2,14,19)(H,18,23)/b16-6+. The molecule has 3 N–H and O–H groups in total. The van der Waals surface area contributed by atoms with Crippen LogP contribution in [0.4, 0.5) is 5.82 Å². The van der Waals surface area contributed by atoms with E-state index in [1.54, 1.807) is 24.4 Å². The number of nitrogens with zero attached hydrogens (tertiary/aromatic N) is 7. The number of ether oxygens (including phenoxy) is 1. The number of anilines is 1.